The van der Waals surface area contributed by atoms with Crippen molar-refractivity contribution in [1.82, 2.24) is 10.9 Å². The van der Waals surface area contributed by atoms with Gasteiger partial charge >= 0.3 is 0 Å². The van der Waals surface area contributed by atoms with E-state index in [9.17, 15) is 8.78 Å². The summed E-state index contributed by atoms with van der Waals surface area (Å²) in [6.45, 7) is 0. The predicted molar refractivity (Wildman–Crippen MR) is 108 cm³/mol. The molecule has 0 saturated carbocycles. The van der Waals surface area contributed by atoms with Crippen LogP contribution < -0.4 is 21.5 Å². The summed E-state index contributed by atoms with van der Waals surface area (Å²) in [6, 6.07) is 13.6. The minimum absolute atomic E-state index is 0.262. The molecule has 0 saturated heterocycles. The highest BCUT2D eigenvalue weighted by Crippen LogP contribution is 2.26. The summed E-state index contributed by atoms with van der Waals surface area (Å²) in [5, 5.41) is 6.90. The number of nitrogens with one attached hydrogen (secondary N) is 4. The van der Waals surface area contributed by atoms with Crippen LogP contribution in [0.4, 0.5) is 20.2 Å². The Kier molecular flexibility index (Phi) is 7.63. The van der Waals surface area contributed by atoms with Crippen molar-refractivity contribution in [3.05, 3.63) is 53.6 Å². The average Bonchev–Trinajstić information content (AvgIpc) is 2.56. The third kappa shape index (κ3) is 6.99. The molecular weight excluding hydrogens is 406 g/mol. The monoisotopic (exact) mass is 418 g/mol. The molecule has 0 spiro atoms. The largest absolute Gasteiger partial charge is 0.331 e. The molecule has 0 radical (unpaired) electrons. The van der Waals surface area contributed by atoms with E-state index in [2.05, 4.69) is 21.5 Å². The summed E-state index contributed by atoms with van der Waals surface area (Å²) in [6.07, 6.45) is 0. The fourth-order valence-electron chi connectivity index (χ4n) is 1.71. The van der Waals surface area contributed by atoms with Crippen LogP contribution in [-0.2, 0) is 0 Å². The number of hydrogen-bond donors (Lipinski definition) is 4. The normalized spacial score (nSPS) is 10.2. The first-order valence-electron chi connectivity index (χ1n) is 6.87. The Morgan fingerprint density at radius 3 is 2.12 bits per heavy atom. The maximum absolute atomic E-state index is 12.3. The zero-order valence-electron chi connectivity index (χ0n) is 12.6. The first kappa shape index (κ1) is 19.6. The highest BCUT2D eigenvalue weighted by Gasteiger charge is 2.06. The Bertz CT molecular complexity index is 744. The molecule has 25 heavy (non-hydrogen) atoms. The van der Waals surface area contributed by atoms with Gasteiger partial charge in [0.05, 0.1) is 10.7 Å². The van der Waals surface area contributed by atoms with Gasteiger partial charge in [-0.2, -0.15) is 8.78 Å². The Morgan fingerprint density at radius 1 is 0.920 bits per heavy atom. The van der Waals surface area contributed by atoms with Gasteiger partial charge in [0, 0.05) is 10.6 Å². The summed E-state index contributed by atoms with van der Waals surface area (Å²) >= 11 is 16.8. The third-order valence-corrected chi connectivity index (χ3v) is 4.21. The van der Waals surface area contributed by atoms with Gasteiger partial charge in [-0.05, 0) is 60.8 Å². The maximum atomic E-state index is 12.3. The molecule has 132 valence electrons. The summed E-state index contributed by atoms with van der Waals surface area (Å²) in [5.74, 6) is -2.45. The highest BCUT2D eigenvalue weighted by molar-refractivity contribution is 7.99. The van der Waals surface area contributed by atoms with Crippen LogP contribution in [0, 0.1) is 0 Å². The molecule has 0 unspecified atom stereocenters. The zero-order valence-corrected chi connectivity index (χ0v) is 15.8. The molecule has 4 nitrogen and oxygen atoms in total. The number of alkyl halides is 2. The SMILES string of the molecule is FC(F)Sc1ccc(NC(=S)NNC(=S)Nc2ccccc2Cl)cc1. The quantitative estimate of drug-likeness (QED) is 0.322. The fourth-order valence-corrected chi connectivity index (χ4v) is 2.72. The number of thioether (sulfide) groups is 1. The Hall–Kier alpha value is -1.68. The van der Waals surface area contributed by atoms with Gasteiger partial charge in [-0.3, -0.25) is 10.9 Å². The van der Waals surface area contributed by atoms with E-state index in [0.29, 0.717) is 33.1 Å². The second kappa shape index (κ2) is 9.71. The van der Waals surface area contributed by atoms with E-state index < -0.39 is 5.76 Å². The van der Waals surface area contributed by atoms with Crippen molar-refractivity contribution in [3.63, 3.8) is 0 Å². The molecule has 0 aliphatic carbocycles. The molecule has 2 aromatic rings. The topological polar surface area (TPSA) is 48.1 Å². The standard InChI is InChI=1S/C15H13ClF2N4S3/c16-11-3-1-2-4-12(11)20-15(24)22-21-14(23)19-9-5-7-10(8-6-9)25-13(17)18/h1-8,13H,(H2,19,21,23)(H2,20,22,24). The van der Waals surface area contributed by atoms with Crippen LogP contribution in [0.5, 0.6) is 0 Å². The van der Waals surface area contributed by atoms with E-state index in [1.807, 2.05) is 12.1 Å². The number of anilines is 2. The molecule has 0 aliphatic rings. The van der Waals surface area contributed by atoms with Gasteiger partial charge in [-0.15, -0.1) is 0 Å². The number of halogens is 3. The number of thiocarbonyl (C=S) groups is 2. The Balaban J connectivity index is 1.78. The van der Waals surface area contributed by atoms with Crippen molar-refractivity contribution in [2.45, 2.75) is 10.7 Å². The van der Waals surface area contributed by atoms with Crippen LogP contribution in [0.2, 0.25) is 5.02 Å². The van der Waals surface area contributed by atoms with Crippen molar-refractivity contribution in [3.8, 4) is 0 Å². The van der Waals surface area contributed by atoms with E-state index in [1.54, 1.807) is 36.4 Å². The summed E-state index contributed by atoms with van der Waals surface area (Å²) < 4.78 is 24.5. The Labute approximate surface area is 163 Å². The predicted octanol–water partition coefficient (Wildman–Crippen LogP) is 4.84. The third-order valence-electron chi connectivity index (χ3n) is 2.75. The fraction of sp³-hybridized carbons (Fsp3) is 0.0667. The van der Waals surface area contributed by atoms with Crippen LogP contribution >= 0.6 is 47.8 Å². The van der Waals surface area contributed by atoms with Crippen molar-refractivity contribution in [2.75, 3.05) is 10.6 Å². The van der Waals surface area contributed by atoms with Crippen LogP contribution in [0.15, 0.2) is 53.4 Å². The van der Waals surface area contributed by atoms with Crippen LogP contribution in [-0.4, -0.2) is 16.0 Å². The Morgan fingerprint density at radius 2 is 1.52 bits per heavy atom. The first-order valence-corrected chi connectivity index (χ1v) is 8.95. The maximum Gasteiger partial charge on any atom is 0.288 e. The van der Waals surface area contributed by atoms with Crippen LogP contribution in [0.25, 0.3) is 0 Å². The summed E-state index contributed by atoms with van der Waals surface area (Å²) in [4.78, 5) is 0.475. The molecule has 2 aromatic carbocycles. The number of rotatable bonds is 4. The average molecular weight is 419 g/mol. The number of hydrogen-bond acceptors (Lipinski definition) is 3. The molecule has 0 amide bonds. The van der Waals surface area contributed by atoms with Gasteiger partial charge in [0.25, 0.3) is 5.76 Å². The van der Waals surface area contributed by atoms with E-state index in [1.165, 1.54) is 0 Å². The molecule has 0 heterocycles. The van der Waals surface area contributed by atoms with Crippen LogP contribution in [0.1, 0.15) is 0 Å². The molecule has 2 rings (SSSR count). The smallest absolute Gasteiger partial charge is 0.288 e. The molecular formula is C15H13ClF2N4S3. The van der Waals surface area contributed by atoms with Crippen molar-refractivity contribution >= 4 is 69.4 Å². The lowest BCUT2D eigenvalue weighted by Crippen LogP contribution is -2.45. The lowest BCUT2D eigenvalue weighted by atomic mass is 10.3. The van der Waals surface area contributed by atoms with Gasteiger partial charge in [-0.25, -0.2) is 0 Å². The van der Waals surface area contributed by atoms with E-state index in [4.69, 9.17) is 36.0 Å². The molecule has 10 heteroatoms. The van der Waals surface area contributed by atoms with E-state index in [0.717, 1.165) is 0 Å². The minimum atomic E-state index is -2.45. The van der Waals surface area contributed by atoms with Crippen molar-refractivity contribution in [2.24, 2.45) is 0 Å². The zero-order chi connectivity index (χ0) is 18.2. The molecule has 0 fully saturated rings. The summed E-state index contributed by atoms with van der Waals surface area (Å²) in [7, 11) is 0. The number of para-hydroxylation sites is 1. The van der Waals surface area contributed by atoms with Gasteiger partial charge in [-0.1, -0.05) is 35.5 Å². The molecule has 0 atom stereocenters. The van der Waals surface area contributed by atoms with Crippen molar-refractivity contribution < 1.29 is 8.78 Å². The number of hydrazine groups is 1. The van der Waals surface area contributed by atoms with Crippen LogP contribution in [0.3, 0.4) is 0 Å². The second-order valence-corrected chi connectivity index (χ2v) is 6.83. The lowest BCUT2D eigenvalue weighted by Gasteiger charge is -2.15. The van der Waals surface area contributed by atoms with Gasteiger partial charge in [0.2, 0.25) is 0 Å². The molecule has 4 N–H and O–H groups in total. The minimum Gasteiger partial charge on any atom is -0.331 e. The molecule has 0 bridgehead atoms. The van der Waals surface area contributed by atoms with Crippen molar-refractivity contribution in [1.29, 1.82) is 0 Å². The van der Waals surface area contributed by atoms with Gasteiger partial charge in [0.15, 0.2) is 10.2 Å². The number of benzene rings is 2. The lowest BCUT2D eigenvalue weighted by molar-refractivity contribution is 0.252. The first-order chi connectivity index (χ1) is 11.9. The van der Waals surface area contributed by atoms with E-state index in [-0.39, 0.29) is 10.2 Å². The van der Waals surface area contributed by atoms with Gasteiger partial charge in [0.1, 0.15) is 0 Å². The van der Waals surface area contributed by atoms with E-state index >= 15 is 0 Å². The summed E-state index contributed by atoms with van der Waals surface area (Å²) in [5.41, 5.74) is 6.75. The highest BCUT2D eigenvalue weighted by atomic mass is 35.5. The second-order valence-electron chi connectivity index (χ2n) is 4.54. The molecule has 0 aliphatic heterocycles. The molecule has 0 aromatic heterocycles. The van der Waals surface area contributed by atoms with Gasteiger partial charge < -0.3 is 10.6 Å².